The number of nitrogens with zero attached hydrogens (tertiary/aromatic N) is 3. The summed E-state index contributed by atoms with van der Waals surface area (Å²) >= 11 is 6.06. The minimum atomic E-state index is -0.538. The van der Waals surface area contributed by atoms with E-state index >= 15 is 0 Å². The first-order valence-corrected chi connectivity index (χ1v) is 9.87. The van der Waals surface area contributed by atoms with Crippen molar-refractivity contribution in [3.8, 4) is 5.88 Å². The van der Waals surface area contributed by atoms with Crippen LogP contribution in [-0.2, 0) is 6.67 Å². The second-order valence-electron chi connectivity index (χ2n) is 7.07. The zero-order valence-electron chi connectivity index (χ0n) is 15.4. The maximum Gasteiger partial charge on any atom is 0.296 e. The molecule has 0 saturated carbocycles. The van der Waals surface area contributed by atoms with Crippen molar-refractivity contribution in [2.75, 3.05) is 13.1 Å². The summed E-state index contributed by atoms with van der Waals surface area (Å²) in [5.41, 5.74) is 1.48. The van der Waals surface area contributed by atoms with E-state index in [1.54, 1.807) is 24.3 Å². The molecule has 4 rings (SSSR count). The number of carbonyl (C=O) groups excluding carboxylic acids is 1. The van der Waals surface area contributed by atoms with Crippen LogP contribution < -0.4 is 4.90 Å². The van der Waals surface area contributed by atoms with Gasteiger partial charge in [-0.25, -0.2) is 0 Å². The van der Waals surface area contributed by atoms with E-state index < -0.39 is 5.91 Å². The zero-order chi connectivity index (χ0) is 19.5. The quantitative estimate of drug-likeness (QED) is 0.654. The van der Waals surface area contributed by atoms with Crippen LogP contribution in [0, 0.1) is 0 Å². The lowest BCUT2D eigenvalue weighted by atomic mass is 10.1. The van der Waals surface area contributed by atoms with Gasteiger partial charge in [0.1, 0.15) is 0 Å². The fourth-order valence-electron chi connectivity index (χ4n) is 3.75. The highest BCUT2D eigenvalue weighted by Crippen LogP contribution is 2.38. The van der Waals surface area contributed by atoms with Gasteiger partial charge in [-0.1, -0.05) is 41.9 Å². The van der Waals surface area contributed by atoms with Gasteiger partial charge in [0.05, 0.1) is 29.2 Å². The Morgan fingerprint density at radius 3 is 2.57 bits per heavy atom. The van der Waals surface area contributed by atoms with Crippen LogP contribution >= 0.6 is 11.6 Å². The average molecular weight is 398 g/mol. The van der Waals surface area contributed by atoms with Gasteiger partial charge in [0, 0.05) is 5.39 Å². The molecule has 2 aromatic carbocycles. The normalized spacial score (nSPS) is 15.5. The number of aromatic nitrogens is 1. The number of halogens is 1. The number of nitrogens with one attached hydrogen (secondary N) is 1. The molecule has 1 saturated heterocycles. The van der Waals surface area contributed by atoms with Crippen LogP contribution in [0.25, 0.3) is 10.9 Å². The number of fused-ring (bicyclic) bond motifs is 1. The first-order valence-electron chi connectivity index (χ1n) is 9.49. The van der Waals surface area contributed by atoms with Gasteiger partial charge in [0.15, 0.2) is 12.4 Å². The molecule has 1 aromatic heterocycles. The molecule has 1 amide bonds. The fraction of sp³-hybridized carbons (Fsp3) is 0.286. The molecule has 1 aliphatic heterocycles. The van der Waals surface area contributed by atoms with Crippen molar-refractivity contribution in [2.45, 2.75) is 25.9 Å². The van der Waals surface area contributed by atoms with E-state index in [0.717, 1.165) is 24.0 Å². The standard InChI is InChI=1S/C21H21ClN4O2/c22-17-10-4-2-8-15(17)20(27)24-23-19-16-9-3-5-11-18(16)26(21(19)28)14-25-12-6-1-7-13-25/h2-5,8-11,28H,1,6-7,12-14H2/p+1. The second-order valence-corrected chi connectivity index (χ2v) is 7.48. The van der Waals surface area contributed by atoms with Gasteiger partial charge in [0.2, 0.25) is 5.88 Å². The number of hydrogen-bond acceptors (Lipinski definition) is 3. The molecule has 6 nitrogen and oxygen atoms in total. The molecule has 0 atom stereocenters. The SMILES string of the molecule is O=C(N=Nc1c(O)n(C[NH+]2CCCCC2)c2ccccc12)c1ccccc1Cl. The van der Waals surface area contributed by atoms with Crippen LogP contribution in [0.4, 0.5) is 5.69 Å². The summed E-state index contributed by atoms with van der Waals surface area (Å²) in [7, 11) is 0. The third-order valence-electron chi connectivity index (χ3n) is 5.20. The van der Waals surface area contributed by atoms with Gasteiger partial charge in [-0.05, 0) is 37.5 Å². The molecule has 0 spiro atoms. The highest BCUT2D eigenvalue weighted by atomic mass is 35.5. The van der Waals surface area contributed by atoms with Crippen molar-refractivity contribution >= 4 is 34.1 Å². The molecular weight excluding hydrogens is 376 g/mol. The topological polar surface area (TPSA) is 71.4 Å². The third kappa shape index (κ3) is 3.66. The van der Waals surface area contributed by atoms with E-state index in [2.05, 4.69) is 10.2 Å². The minimum Gasteiger partial charge on any atom is -0.493 e. The molecule has 2 heterocycles. The molecule has 1 fully saturated rings. The summed E-state index contributed by atoms with van der Waals surface area (Å²) in [6.07, 6.45) is 3.67. The van der Waals surface area contributed by atoms with Gasteiger partial charge >= 0.3 is 0 Å². The van der Waals surface area contributed by atoms with Crippen molar-refractivity contribution in [1.82, 2.24) is 4.57 Å². The summed E-state index contributed by atoms with van der Waals surface area (Å²) in [4.78, 5) is 13.8. The van der Waals surface area contributed by atoms with Crippen molar-refractivity contribution in [3.05, 3.63) is 59.1 Å². The van der Waals surface area contributed by atoms with Gasteiger partial charge in [0.25, 0.3) is 5.91 Å². The molecule has 28 heavy (non-hydrogen) atoms. The maximum atomic E-state index is 12.4. The number of rotatable bonds is 4. The molecule has 3 aromatic rings. The Morgan fingerprint density at radius 1 is 1.07 bits per heavy atom. The number of carbonyl (C=O) groups is 1. The molecule has 0 aliphatic carbocycles. The lowest BCUT2D eigenvalue weighted by Gasteiger charge is -2.24. The molecule has 0 bridgehead atoms. The van der Waals surface area contributed by atoms with Crippen LogP contribution in [0.5, 0.6) is 5.88 Å². The Balaban J connectivity index is 1.68. The van der Waals surface area contributed by atoms with Gasteiger partial charge in [-0.15, -0.1) is 10.2 Å². The molecule has 144 valence electrons. The lowest BCUT2D eigenvalue weighted by molar-refractivity contribution is -0.927. The van der Waals surface area contributed by atoms with E-state index in [1.807, 2.05) is 28.8 Å². The smallest absolute Gasteiger partial charge is 0.296 e. The second kappa shape index (κ2) is 8.12. The summed E-state index contributed by atoms with van der Waals surface area (Å²) in [5.74, 6) is -0.501. The number of likely N-dealkylation sites (tertiary alicyclic amines) is 1. The molecule has 0 radical (unpaired) electrons. The number of azo groups is 1. The number of aromatic hydroxyl groups is 1. The number of hydrogen-bond donors (Lipinski definition) is 2. The zero-order valence-corrected chi connectivity index (χ0v) is 16.2. The highest BCUT2D eigenvalue weighted by molar-refractivity contribution is 6.33. The molecular formula is C21H22ClN4O2+. The van der Waals surface area contributed by atoms with E-state index in [9.17, 15) is 9.90 Å². The Kier molecular flexibility index (Phi) is 5.41. The summed E-state index contributed by atoms with van der Waals surface area (Å²) in [6, 6.07) is 14.4. The van der Waals surface area contributed by atoms with Crippen LogP contribution in [-0.4, -0.2) is 28.7 Å². The first kappa shape index (κ1) is 18.7. The fourth-order valence-corrected chi connectivity index (χ4v) is 3.96. The summed E-state index contributed by atoms with van der Waals surface area (Å²) < 4.78 is 1.87. The number of amides is 1. The van der Waals surface area contributed by atoms with E-state index in [4.69, 9.17) is 11.6 Å². The number of piperidine rings is 1. The van der Waals surface area contributed by atoms with Gasteiger partial charge < -0.3 is 10.0 Å². The number of benzene rings is 2. The van der Waals surface area contributed by atoms with Crippen LogP contribution in [0.15, 0.2) is 58.8 Å². The predicted molar refractivity (Wildman–Crippen MR) is 108 cm³/mol. The predicted octanol–water partition coefficient (Wildman–Crippen LogP) is 3.95. The van der Waals surface area contributed by atoms with Crippen LogP contribution in [0.3, 0.4) is 0 Å². The van der Waals surface area contributed by atoms with Gasteiger partial charge in [-0.2, -0.15) is 0 Å². The van der Waals surface area contributed by atoms with Crippen molar-refractivity contribution in [2.24, 2.45) is 10.2 Å². The Hall–Kier alpha value is -2.70. The van der Waals surface area contributed by atoms with Crippen LogP contribution in [0.2, 0.25) is 5.02 Å². The van der Waals surface area contributed by atoms with Gasteiger partial charge in [-0.3, -0.25) is 9.36 Å². The lowest BCUT2D eigenvalue weighted by Crippen LogP contribution is -3.12. The Morgan fingerprint density at radius 2 is 1.79 bits per heavy atom. The average Bonchev–Trinajstić information content (AvgIpc) is 2.99. The first-order chi connectivity index (χ1) is 13.6. The number of para-hydroxylation sites is 1. The summed E-state index contributed by atoms with van der Waals surface area (Å²) in [6.45, 7) is 2.85. The Labute approximate surface area is 168 Å². The maximum absolute atomic E-state index is 12.4. The minimum absolute atomic E-state index is 0.0370. The molecule has 1 aliphatic rings. The summed E-state index contributed by atoms with van der Waals surface area (Å²) in [5, 5.41) is 19.9. The van der Waals surface area contributed by atoms with Crippen molar-refractivity contribution < 1.29 is 14.8 Å². The van der Waals surface area contributed by atoms with E-state index in [1.165, 1.54) is 24.2 Å². The highest BCUT2D eigenvalue weighted by Gasteiger charge is 2.21. The van der Waals surface area contributed by atoms with Crippen molar-refractivity contribution in [3.63, 3.8) is 0 Å². The Bertz CT molecular complexity index is 1040. The van der Waals surface area contributed by atoms with Crippen molar-refractivity contribution in [1.29, 1.82) is 0 Å². The van der Waals surface area contributed by atoms with Crippen LogP contribution in [0.1, 0.15) is 29.6 Å². The molecule has 0 unspecified atom stereocenters. The van der Waals surface area contributed by atoms with E-state index in [0.29, 0.717) is 17.4 Å². The largest absolute Gasteiger partial charge is 0.493 e. The monoisotopic (exact) mass is 397 g/mol. The third-order valence-corrected chi connectivity index (χ3v) is 5.53. The molecule has 2 N–H and O–H groups in total. The molecule has 7 heteroatoms. The van der Waals surface area contributed by atoms with E-state index in [-0.39, 0.29) is 11.4 Å². The number of quaternary nitrogens is 1.